The summed E-state index contributed by atoms with van der Waals surface area (Å²) in [7, 11) is 1.84. The van der Waals surface area contributed by atoms with E-state index in [2.05, 4.69) is 42.2 Å². The van der Waals surface area contributed by atoms with Crippen LogP contribution in [0.15, 0.2) is 59.4 Å². The van der Waals surface area contributed by atoms with Crippen molar-refractivity contribution >= 4 is 16.8 Å². The van der Waals surface area contributed by atoms with Gasteiger partial charge in [0.15, 0.2) is 0 Å². The van der Waals surface area contributed by atoms with E-state index in [4.69, 9.17) is 0 Å². The lowest BCUT2D eigenvalue weighted by Crippen LogP contribution is -2.44. The number of aromatic nitrogens is 1. The first-order valence-corrected chi connectivity index (χ1v) is 15.1. The number of piperidine rings is 1. The Morgan fingerprint density at radius 3 is 2.41 bits per heavy atom. The molecule has 1 saturated heterocycles. The lowest BCUT2D eigenvalue weighted by molar-refractivity contribution is -0.137. The van der Waals surface area contributed by atoms with Crippen molar-refractivity contribution in [2.45, 2.75) is 71.3 Å². The molecule has 0 unspecified atom stereocenters. The van der Waals surface area contributed by atoms with Gasteiger partial charge < -0.3 is 14.4 Å². The molecule has 0 bridgehead atoms. The van der Waals surface area contributed by atoms with Gasteiger partial charge >= 0.3 is 0 Å². The van der Waals surface area contributed by atoms with Crippen molar-refractivity contribution < 1.29 is 4.79 Å². The minimum atomic E-state index is 0.00420. The van der Waals surface area contributed by atoms with Gasteiger partial charge in [0.2, 0.25) is 5.91 Å². The molecule has 1 saturated carbocycles. The average Bonchev–Trinajstić information content (AvgIpc) is 2.98. The maximum Gasteiger partial charge on any atom is 0.255 e. The molecule has 2 aromatic carbocycles. The van der Waals surface area contributed by atoms with Gasteiger partial charge in [-0.3, -0.25) is 9.59 Å². The summed E-state index contributed by atoms with van der Waals surface area (Å²) in [4.78, 5) is 31.5. The van der Waals surface area contributed by atoms with Gasteiger partial charge in [0, 0.05) is 31.6 Å². The lowest BCUT2D eigenvalue weighted by atomic mass is 9.88. The van der Waals surface area contributed by atoms with Crippen LogP contribution in [-0.2, 0) is 24.8 Å². The zero-order chi connectivity index (χ0) is 27.2. The summed E-state index contributed by atoms with van der Waals surface area (Å²) in [6.07, 6.45) is 10.4. The minimum absolute atomic E-state index is 0.00420. The number of amides is 1. The topological polar surface area (TPSA) is 45.5 Å². The van der Waals surface area contributed by atoms with Crippen LogP contribution in [-0.4, -0.2) is 46.5 Å². The van der Waals surface area contributed by atoms with Crippen LogP contribution in [0.3, 0.4) is 0 Å². The van der Waals surface area contributed by atoms with Crippen LogP contribution in [0.4, 0.5) is 0 Å². The summed E-state index contributed by atoms with van der Waals surface area (Å²) in [5.74, 6) is 1.14. The van der Waals surface area contributed by atoms with Gasteiger partial charge in [-0.05, 0) is 87.5 Å². The summed E-state index contributed by atoms with van der Waals surface area (Å²) in [6, 6.07) is 19.0. The summed E-state index contributed by atoms with van der Waals surface area (Å²) < 4.78 is 1.73. The fourth-order valence-corrected chi connectivity index (χ4v) is 6.57. The van der Waals surface area contributed by atoms with E-state index in [0.29, 0.717) is 13.1 Å². The SMILES string of the molecule is Cc1ccc(CCC2CCN(CCN(Cc3cc4ccccc4n(C)c3=O)C(=O)C3CCCCC3)CC2)cc1. The van der Waals surface area contributed by atoms with E-state index in [9.17, 15) is 9.59 Å². The van der Waals surface area contributed by atoms with E-state index in [1.807, 2.05) is 36.2 Å². The second-order valence-corrected chi connectivity index (χ2v) is 12.0. The predicted molar refractivity (Wildman–Crippen MR) is 160 cm³/mol. The van der Waals surface area contributed by atoms with Crippen LogP contribution < -0.4 is 5.56 Å². The first-order valence-electron chi connectivity index (χ1n) is 15.1. The third-order valence-corrected chi connectivity index (χ3v) is 9.19. The molecule has 5 nitrogen and oxygen atoms in total. The van der Waals surface area contributed by atoms with E-state index >= 15 is 0 Å². The van der Waals surface area contributed by atoms with Gasteiger partial charge in [-0.15, -0.1) is 0 Å². The minimum Gasteiger partial charge on any atom is -0.337 e. The van der Waals surface area contributed by atoms with E-state index < -0.39 is 0 Å². The Kier molecular flexibility index (Phi) is 9.18. The number of rotatable bonds is 9. The van der Waals surface area contributed by atoms with Crippen molar-refractivity contribution in [1.82, 2.24) is 14.4 Å². The molecule has 39 heavy (non-hydrogen) atoms. The molecule has 208 valence electrons. The normalized spacial score (nSPS) is 17.5. The van der Waals surface area contributed by atoms with Crippen molar-refractivity contribution in [3.63, 3.8) is 0 Å². The molecule has 1 aliphatic carbocycles. The Balaban J connectivity index is 1.21. The molecule has 1 aliphatic heterocycles. The number of hydrogen-bond acceptors (Lipinski definition) is 3. The molecule has 2 aliphatic rings. The first kappa shape index (κ1) is 27.6. The third-order valence-electron chi connectivity index (χ3n) is 9.19. The molecule has 1 aromatic heterocycles. The molecule has 0 atom stereocenters. The Labute approximate surface area is 233 Å². The number of pyridine rings is 1. The van der Waals surface area contributed by atoms with Crippen LogP contribution in [0.25, 0.3) is 10.9 Å². The highest BCUT2D eigenvalue weighted by molar-refractivity contribution is 5.81. The number of para-hydroxylation sites is 1. The number of likely N-dealkylation sites (tertiary alicyclic amines) is 1. The van der Waals surface area contributed by atoms with Crippen LogP contribution in [0.2, 0.25) is 0 Å². The van der Waals surface area contributed by atoms with Crippen LogP contribution in [0.1, 0.15) is 68.1 Å². The zero-order valence-corrected chi connectivity index (χ0v) is 23.9. The van der Waals surface area contributed by atoms with Crippen LogP contribution in [0.5, 0.6) is 0 Å². The number of nitrogens with zero attached hydrogens (tertiary/aromatic N) is 3. The first-order chi connectivity index (χ1) is 19.0. The van der Waals surface area contributed by atoms with E-state index in [1.54, 1.807) is 4.57 Å². The highest BCUT2D eigenvalue weighted by atomic mass is 16.2. The second-order valence-electron chi connectivity index (χ2n) is 12.0. The van der Waals surface area contributed by atoms with E-state index in [0.717, 1.165) is 74.1 Å². The molecule has 5 heteroatoms. The number of fused-ring (bicyclic) bond motifs is 1. The second kappa shape index (κ2) is 13.0. The zero-order valence-electron chi connectivity index (χ0n) is 23.9. The van der Waals surface area contributed by atoms with Gasteiger partial charge in [0.1, 0.15) is 0 Å². The molecule has 2 fully saturated rings. The standard InChI is InChI=1S/C34H45N3O2/c1-26-12-14-27(15-13-26)16-17-28-18-20-36(21-19-28)22-23-37(34(39)29-8-4-3-5-9-29)25-31-24-30-10-6-7-11-32(30)35(2)33(31)38/h6-7,10-15,24,28-29H,3-5,8-9,16-23,25H2,1-2H3. The van der Waals surface area contributed by atoms with Gasteiger partial charge in [0.05, 0.1) is 12.1 Å². The summed E-state index contributed by atoms with van der Waals surface area (Å²) in [5, 5.41) is 1.05. The van der Waals surface area contributed by atoms with Gasteiger partial charge in [0.25, 0.3) is 5.56 Å². The highest BCUT2D eigenvalue weighted by Crippen LogP contribution is 2.27. The number of aryl methyl sites for hydroxylation is 3. The maximum absolute atomic E-state index is 13.7. The van der Waals surface area contributed by atoms with Crippen molar-refractivity contribution in [3.8, 4) is 0 Å². The molecule has 1 amide bonds. The molecule has 0 radical (unpaired) electrons. The molecule has 0 spiro atoms. The summed E-state index contributed by atoms with van der Waals surface area (Å²) >= 11 is 0. The fourth-order valence-electron chi connectivity index (χ4n) is 6.57. The number of carbonyl (C=O) groups excluding carboxylic acids is 1. The van der Waals surface area contributed by atoms with Gasteiger partial charge in [-0.1, -0.05) is 67.3 Å². The maximum atomic E-state index is 13.7. The smallest absolute Gasteiger partial charge is 0.255 e. The highest BCUT2D eigenvalue weighted by Gasteiger charge is 2.28. The number of carbonyl (C=O) groups is 1. The molecular weight excluding hydrogens is 482 g/mol. The Bertz CT molecular complexity index is 1300. The van der Waals surface area contributed by atoms with Crippen molar-refractivity contribution in [2.24, 2.45) is 18.9 Å². The van der Waals surface area contributed by atoms with Crippen molar-refractivity contribution in [2.75, 3.05) is 26.2 Å². The van der Waals surface area contributed by atoms with Gasteiger partial charge in [-0.2, -0.15) is 0 Å². The van der Waals surface area contributed by atoms with E-state index in [1.165, 1.54) is 36.8 Å². The molecule has 5 rings (SSSR count). The number of hydrogen-bond donors (Lipinski definition) is 0. The lowest BCUT2D eigenvalue weighted by Gasteiger charge is -2.35. The summed E-state index contributed by atoms with van der Waals surface area (Å²) in [6.45, 7) is 6.32. The molecule has 0 N–H and O–H groups in total. The van der Waals surface area contributed by atoms with Crippen LogP contribution >= 0.6 is 0 Å². The molecule has 2 heterocycles. The fraction of sp³-hybridized carbons (Fsp3) is 0.529. The Morgan fingerprint density at radius 2 is 1.67 bits per heavy atom. The largest absolute Gasteiger partial charge is 0.337 e. The monoisotopic (exact) mass is 527 g/mol. The quantitative estimate of drug-likeness (QED) is 0.338. The number of benzene rings is 2. The molecular formula is C34H45N3O2. The van der Waals surface area contributed by atoms with E-state index in [-0.39, 0.29) is 17.4 Å². The van der Waals surface area contributed by atoms with Crippen LogP contribution in [0, 0.1) is 18.8 Å². The molecule has 3 aromatic rings. The predicted octanol–water partition coefficient (Wildman–Crippen LogP) is 6.10. The van der Waals surface area contributed by atoms with Crippen molar-refractivity contribution in [1.29, 1.82) is 0 Å². The average molecular weight is 528 g/mol. The van der Waals surface area contributed by atoms with Gasteiger partial charge in [-0.25, -0.2) is 0 Å². The van der Waals surface area contributed by atoms with Crippen molar-refractivity contribution in [3.05, 3.63) is 81.6 Å². The third kappa shape index (κ3) is 7.00. The Morgan fingerprint density at radius 1 is 0.949 bits per heavy atom. The Hall–Kier alpha value is -2.92. The summed E-state index contributed by atoms with van der Waals surface area (Å²) in [5.41, 5.74) is 4.42.